The molecule has 0 aliphatic rings. The van der Waals surface area contributed by atoms with Crippen LogP contribution in [0, 0.1) is 0 Å². The molecule has 2 aromatic rings. The molecule has 0 spiro atoms. The minimum absolute atomic E-state index is 0.0782. The van der Waals surface area contributed by atoms with Crippen LogP contribution in [0.4, 0.5) is 10.5 Å². The average molecular weight is 244 g/mol. The molecule has 2 rings (SSSR count). The maximum absolute atomic E-state index is 11.6. The van der Waals surface area contributed by atoms with Gasteiger partial charge in [-0.25, -0.2) is 4.79 Å². The Morgan fingerprint density at radius 1 is 1.22 bits per heavy atom. The van der Waals surface area contributed by atoms with Crippen molar-refractivity contribution in [2.24, 2.45) is 0 Å². The highest BCUT2D eigenvalue weighted by atomic mass is 16.3. The molecule has 0 saturated carbocycles. The van der Waals surface area contributed by atoms with Gasteiger partial charge in [-0.1, -0.05) is 30.3 Å². The molecule has 18 heavy (non-hydrogen) atoms. The normalized spacial score (nSPS) is 12.1. The van der Waals surface area contributed by atoms with E-state index in [1.807, 2.05) is 42.5 Å². The first-order valence-corrected chi connectivity index (χ1v) is 5.86. The van der Waals surface area contributed by atoms with E-state index in [0.29, 0.717) is 0 Å². The van der Waals surface area contributed by atoms with E-state index in [9.17, 15) is 4.79 Å². The number of hydrogen-bond acceptors (Lipinski definition) is 2. The molecule has 0 aliphatic heterocycles. The molecule has 0 aromatic heterocycles. The number of carbonyl (C=O) groups excluding carboxylic acids is 1. The molecule has 94 valence electrons. The van der Waals surface area contributed by atoms with Gasteiger partial charge in [0.1, 0.15) is 0 Å². The highest BCUT2D eigenvalue weighted by molar-refractivity contribution is 5.93. The summed E-state index contributed by atoms with van der Waals surface area (Å²) < 4.78 is 0. The molecule has 0 heterocycles. The van der Waals surface area contributed by atoms with Crippen molar-refractivity contribution in [2.75, 3.05) is 11.9 Å². The molecular formula is C14H16N2O2. The molecule has 0 radical (unpaired) electrons. The van der Waals surface area contributed by atoms with Crippen LogP contribution < -0.4 is 10.6 Å². The molecule has 0 saturated heterocycles. The summed E-state index contributed by atoms with van der Waals surface area (Å²) in [5.74, 6) is 0. The molecule has 4 heteroatoms. The molecule has 3 N–H and O–H groups in total. The molecule has 2 aromatic carbocycles. The van der Waals surface area contributed by atoms with E-state index < -0.39 is 0 Å². The van der Waals surface area contributed by atoms with Gasteiger partial charge in [-0.05, 0) is 29.8 Å². The summed E-state index contributed by atoms with van der Waals surface area (Å²) in [5.41, 5.74) is 0.733. The number of aliphatic hydroxyl groups excluding tert-OH is 1. The Morgan fingerprint density at radius 3 is 2.67 bits per heavy atom. The SMILES string of the molecule is C[C@H](CO)NC(=O)Nc1ccc2ccccc2c1. The summed E-state index contributed by atoms with van der Waals surface area (Å²) in [6.45, 7) is 1.66. The Balaban J connectivity index is 2.10. The predicted octanol–water partition coefficient (Wildman–Crippen LogP) is 2.34. The van der Waals surface area contributed by atoms with E-state index in [4.69, 9.17) is 5.11 Å². The number of anilines is 1. The van der Waals surface area contributed by atoms with Gasteiger partial charge >= 0.3 is 6.03 Å². The summed E-state index contributed by atoms with van der Waals surface area (Å²) >= 11 is 0. The van der Waals surface area contributed by atoms with Crippen LogP contribution in [0.25, 0.3) is 10.8 Å². The van der Waals surface area contributed by atoms with Crippen LogP contribution in [-0.4, -0.2) is 23.8 Å². The summed E-state index contributed by atoms with van der Waals surface area (Å²) in [6.07, 6.45) is 0. The van der Waals surface area contributed by atoms with E-state index >= 15 is 0 Å². The van der Waals surface area contributed by atoms with Crippen LogP contribution in [-0.2, 0) is 0 Å². The third-order valence-corrected chi connectivity index (χ3v) is 2.66. The first kappa shape index (κ1) is 12.4. The van der Waals surface area contributed by atoms with Gasteiger partial charge in [0, 0.05) is 5.69 Å². The lowest BCUT2D eigenvalue weighted by Crippen LogP contribution is -2.38. The topological polar surface area (TPSA) is 61.4 Å². The first-order chi connectivity index (χ1) is 8.69. The van der Waals surface area contributed by atoms with Crippen LogP contribution in [0.1, 0.15) is 6.92 Å². The van der Waals surface area contributed by atoms with Gasteiger partial charge < -0.3 is 15.7 Å². The van der Waals surface area contributed by atoms with Gasteiger partial charge in [0.15, 0.2) is 0 Å². The Labute approximate surface area is 106 Å². The minimum atomic E-state index is -0.313. The number of amides is 2. The minimum Gasteiger partial charge on any atom is -0.394 e. The van der Waals surface area contributed by atoms with Crippen molar-refractivity contribution in [3.8, 4) is 0 Å². The third kappa shape index (κ3) is 2.99. The maximum Gasteiger partial charge on any atom is 0.319 e. The van der Waals surface area contributed by atoms with Crippen LogP contribution in [0.15, 0.2) is 42.5 Å². The van der Waals surface area contributed by atoms with Gasteiger partial charge in [0.2, 0.25) is 0 Å². The van der Waals surface area contributed by atoms with E-state index in [1.54, 1.807) is 6.92 Å². The van der Waals surface area contributed by atoms with Gasteiger partial charge in [-0.2, -0.15) is 0 Å². The van der Waals surface area contributed by atoms with Crippen molar-refractivity contribution in [2.45, 2.75) is 13.0 Å². The highest BCUT2D eigenvalue weighted by Crippen LogP contribution is 2.18. The molecule has 0 unspecified atom stereocenters. The van der Waals surface area contributed by atoms with Crippen molar-refractivity contribution >= 4 is 22.5 Å². The number of fused-ring (bicyclic) bond motifs is 1. The van der Waals surface area contributed by atoms with Crippen molar-refractivity contribution < 1.29 is 9.90 Å². The third-order valence-electron chi connectivity index (χ3n) is 2.66. The van der Waals surface area contributed by atoms with Crippen LogP contribution in [0.3, 0.4) is 0 Å². The zero-order valence-corrected chi connectivity index (χ0v) is 10.2. The standard InChI is InChI=1S/C14H16N2O2/c1-10(9-17)15-14(18)16-13-7-6-11-4-2-3-5-12(11)8-13/h2-8,10,17H,9H2,1H3,(H2,15,16,18)/t10-/m1/s1. The zero-order valence-electron chi connectivity index (χ0n) is 10.2. The van der Waals surface area contributed by atoms with Gasteiger partial charge in [0.05, 0.1) is 12.6 Å². The number of aliphatic hydroxyl groups is 1. The van der Waals surface area contributed by atoms with Crippen molar-refractivity contribution in [3.05, 3.63) is 42.5 Å². The Kier molecular flexibility index (Phi) is 3.79. The summed E-state index contributed by atoms with van der Waals surface area (Å²) in [4.78, 5) is 11.6. The van der Waals surface area contributed by atoms with Crippen LogP contribution in [0.2, 0.25) is 0 Å². The fourth-order valence-corrected chi connectivity index (χ4v) is 1.70. The monoisotopic (exact) mass is 244 g/mol. The fraction of sp³-hybridized carbons (Fsp3) is 0.214. The fourth-order valence-electron chi connectivity index (χ4n) is 1.70. The summed E-state index contributed by atoms with van der Waals surface area (Å²) in [5, 5.41) is 16.4. The Hall–Kier alpha value is -2.07. The summed E-state index contributed by atoms with van der Waals surface area (Å²) in [7, 11) is 0. The number of rotatable bonds is 3. The molecule has 0 aliphatic carbocycles. The van der Waals surface area contributed by atoms with Crippen molar-refractivity contribution in [1.29, 1.82) is 0 Å². The second kappa shape index (κ2) is 5.51. The van der Waals surface area contributed by atoms with Crippen molar-refractivity contribution in [3.63, 3.8) is 0 Å². The number of urea groups is 1. The van der Waals surface area contributed by atoms with E-state index in [0.717, 1.165) is 16.5 Å². The number of carbonyl (C=O) groups is 1. The number of benzene rings is 2. The van der Waals surface area contributed by atoms with Crippen molar-refractivity contribution in [1.82, 2.24) is 5.32 Å². The molecule has 2 amide bonds. The zero-order chi connectivity index (χ0) is 13.0. The predicted molar refractivity (Wildman–Crippen MR) is 72.7 cm³/mol. The van der Waals surface area contributed by atoms with Gasteiger partial charge in [-0.15, -0.1) is 0 Å². The molecule has 4 nitrogen and oxygen atoms in total. The average Bonchev–Trinajstić information content (AvgIpc) is 2.38. The summed E-state index contributed by atoms with van der Waals surface area (Å²) in [6, 6.07) is 13.1. The molecule has 0 fully saturated rings. The molecular weight excluding hydrogens is 228 g/mol. The second-order valence-corrected chi connectivity index (χ2v) is 4.24. The van der Waals surface area contributed by atoms with E-state index in [2.05, 4.69) is 10.6 Å². The first-order valence-electron chi connectivity index (χ1n) is 5.86. The Morgan fingerprint density at radius 2 is 1.94 bits per heavy atom. The maximum atomic E-state index is 11.6. The number of hydrogen-bond donors (Lipinski definition) is 3. The lowest BCUT2D eigenvalue weighted by Gasteiger charge is -2.12. The van der Waals surface area contributed by atoms with Crippen LogP contribution >= 0.6 is 0 Å². The highest BCUT2D eigenvalue weighted by Gasteiger charge is 2.06. The largest absolute Gasteiger partial charge is 0.394 e. The van der Waals surface area contributed by atoms with Crippen LogP contribution in [0.5, 0.6) is 0 Å². The van der Waals surface area contributed by atoms with Gasteiger partial charge in [-0.3, -0.25) is 0 Å². The quantitative estimate of drug-likeness (QED) is 0.776. The van der Waals surface area contributed by atoms with E-state index in [-0.39, 0.29) is 18.7 Å². The molecule has 1 atom stereocenters. The second-order valence-electron chi connectivity index (χ2n) is 4.24. The molecule has 0 bridgehead atoms. The van der Waals surface area contributed by atoms with Gasteiger partial charge in [0.25, 0.3) is 0 Å². The smallest absolute Gasteiger partial charge is 0.319 e. The number of nitrogens with one attached hydrogen (secondary N) is 2. The Bertz CT molecular complexity index is 554. The van der Waals surface area contributed by atoms with E-state index in [1.165, 1.54) is 0 Å². The lowest BCUT2D eigenvalue weighted by atomic mass is 10.1. The lowest BCUT2D eigenvalue weighted by molar-refractivity contribution is 0.229.